The van der Waals surface area contributed by atoms with Crippen LogP contribution in [0.15, 0.2) is 51.7 Å². The molecule has 0 radical (unpaired) electrons. The van der Waals surface area contributed by atoms with Gasteiger partial charge in [-0.3, -0.25) is 9.59 Å². The smallest absolute Gasteiger partial charge is 0.290 e. The zero-order chi connectivity index (χ0) is 19.8. The zero-order valence-electron chi connectivity index (χ0n) is 16.6. The molecule has 1 aliphatic rings. The fourth-order valence-electron chi connectivity index (χ4n) is 4.26. The molecule has 1 unspecified atom stereocenters. The van der Waals surface area contributed by atoms with Crippen LogP contribution in [0.4, 0.5) is 0 Å². The summed E-state index contributed by atoms with van der Waals surface area (Å²) in [6, 6.07) is 13.2. The third-order valence-corrected chi connectivity index (χ3v) is 5.53. The Bertz CT molecular complexity index is 1100. The molecule has 0 fully saturated rings. The number of carbonyl (C=O) groups excluding carboxylic acids is 1. The lowest BCUT2D eigenvalue weighted by Gasteiger charge is -2.25. The molecule has 144 valence electrons. The highest BCUT2D eigenvalue weighted by atomic mass is 16.3. The van der Waals surface area contributed by atoms with Gasteiger partial charge in [0.1, 0.15) is 5.58 Å². The van der Waals surface area contributed by atoms with Crippen molar-refractivity contribution in [1.82, 2.24) is 4.90 Å². The maximum atomic E-state index is 13.5. The van der Waals surface area contributed by atoms with Gasteiger partial charge in [0.2, 0.25) is 5.76 Å². The van der Waals surface area contributed by atoms with Crippen molar-refractivity contribution in [2.45, 2.75) is 46.1 Å². The Balaban J connectivity index is 1.95. The van der Waals surface area contributed by atoms with Gasteiger partial charge in [0.05, 0.1) is 17.0 Å². The van der Waals surface area contributed by atoms with Crippen LogP contribution < -0.4 is 5.43 Å². The van der Waals surface area contributed by atoms with E-state index in [1.165, 1.54) is 0 Å². The fraction of sp³-hybridized carbons (Fsp3) is 0.333. The molecule has 1 atom stereocenters. The summed E-state index contributed by atoms with van der Waals surface area (Å²) in [4.78, 5) is 28.6. The Kier molecular flexibility index (Phi) is 4.80. The van der Waals surface area contributed by atoms with Gasteiger partial charge in [-0.15, -0.1) is 0 Å². The first-order valence-corrected chi connectivity index (χ1v) is 9.96. The molecule has 1 amide bonds. The van der Waals surface area contributed by atoms with Crippen molar-refractivity contribution in [3.05, 3.63) is 80.7 Å². The summed E-state index contributed by atoms with van der Waals surface area (Å²) in [6.45, 7) is 6.64. The minimum atomic E-state index is -0.387. The summed E-state index contributed by atoms with van der Waals surface area (Å²) >= 11 is 0. The number of aryl methyl sites for hydroxylation is 2. The lowest BCUT2D eigenvalue weighted by molar-refractivity contribution is 0.0724. The molecule has 0 saturated carbocycles. The molecule has 4 rings (SSSR count). The van der Waals surface area contributed by atoms with Crippen molar-refractivity contribution >= 4 is 16.9 Å². The van der Waals surface area contributed by atoms with Crippen molar-refractivity contribution in [3.8, 4) is 0 Å². The summed E-state index contributed by atoms with van der Waals surface area (Å²) in [7, 11) is 0. The van der Waals surface area contributed by atoms with Crippen LogP contribution in [0.2, 0.25) is 0 Å². The van der Waals surface area contributed by atoms with Gasteiger partial charge < -0.3 is 9.32 Å². The third kappa shape index (κ3) is 2.93. The molecule has 2 aromatic carbocycles. The zero-order valence-corrected chi connectivity index (χ0v) is 16.6. The second-order valence-electron chi connectivity index (χ2n) is 7.65. The van der Waals surface area contributed by atoms with Gasteiger partial charge in [-0.05, 0) is 43.0 Å². The first-order chi connectivity index (χ1) is 13.5. The van der Waals surface area contributed by atoms with E-state index in [1.807, 2.05) is 61.2 Å². The van der Waals surface area contributed by atoms with Crippen molar-refractivity contribution in [1.29, 1.82) is 0 Å². The predicted molar refractivity (Wildman–Crippen MR) is 111 cm³/mol. The molecule has 3 aromatic rings. The molecule has 4 nitrogen and oxygen atoms in total. The SMILES string of the molecule is CCCCCN1C(=O)c2oc3cc(C)cc(C)c3c(=O)c2C1c1ccccc1. The maximum absolute atomic E-state index is 13.5. The number of benzene rings is 2. The topological polar surface area (TPSA) is 50.5 Å². The van der Waals surface area contributed by atoms with Gasteiger partial charge in [0.15, 0.2) is 5.43 Å². The lowest BCUT2D eigenvalue weighted by Crippen LogP contribution is -2.30. The quantitative estimate of drug-likeness (QED) is 0.580. The number of amides is 1. The van der Waals surface area contributed by atoms with Crippen molar-refractivity contribution in [3.63, 3.8) is 0 Å². The number of unbranched alkanes of at least 4 members (excludes halogenated alkanes) is 2. The number of rotatable bonds is 5. The van der Waals surface area contributed by atoms with E-state index in [4.69, 9.17) is 4.42 Å². The highest BCUT2D eigenvalue weighted by Crippen LogP contribution is 2.38. The average Bonchev–Trinajstić information content (AvgIpc) is 2.95. The highest BCUT2D eigenvalue weighted by Gasteiger charge is 2.42. The van der Waals surface area contributed by atoms with Crippen LogP contribution >= 0.6 is 0 Å². The van der Waals surface area contributed by atoms with Crippen LogP contribution in [0, 0.1) is 13.8 Å². The molecule has 0 spiro atoms. The Morgan fingerprint density at radius 2 is 1.79 bits per heavy atom. The van der Waals surface area contributed by atoms with E-state index in [0.29, 0.717) is 23.1 Å². The maximum Gasteiger partial charge on any atom is 0.290 e. The molecule has 0 aliphatic carbocycles. The highest BCUT2D eigenvalue weighted by molar-refractivity contribution is 5.99. The molecule has 4 heteroatoms. The van der Waals surface area contributed by atoms with Gasteiger partial charge >= 0.3 is 0 Å². The second kappa shape index (κ2) is 7.27. The number of hydrogen-bond acceptors (Lipinski definition) is 3. The Labute approximate surface area is 164 Å². The van der Waals surface area contributed by atoms with Gasteiger partial charge in [0.25, 0.3) is 5.91 Å². The summed E-state index contributed by atoms with van der Waals surface area (Å²) in [6.07, 6.45) is 3.03. The van der Waals surface area contributed by atoms with Crippen molar-refractivity contribution < 1.29 is 9.21 Å². The van der Waals surface area contributed by atoms with E-state index < -0.39 is 0 Å². The molecular weight excluding hydrogens is 350 g/mol. The standard InChI is InChI=1S/C24H25NO3/c1-4-5-9-12-25-21(17-10-7-6-8-11-17)20-22(26)19-16(3)13-15(2)14-18(19)28-23(20)24(25)27/h6-8,10-11,13-14,21H,4-5,9,12H2,1-3H3. The van der Waals surface area contributed by atoms with E-state index >= 15 is 0 Å². The number of fused-ring (bicyclic) bond motifs is 2. The first-order valence-electron chi connectivity index (χ1n) is 9.96. The largest absolute Gasteiger partial charge is 0.450 e. The monoisotopic (exact) mass is 375 g/mol. The average molecular weight is 375 g/mol. The van der Waals surface area contributed by atoms with Gasteiger partial charge in [0, 0.05) is 6.54 Å². The summed E-state index contributed by atoms with van der Waals surface area (Å²) < 4.78 is 6.06. The lowest BCUT2D eigenvalue weighted by atomic mass is 9.97. The minimum Gasteiger partial charge on any atom is -0.450 e. The van der Waals surface area contributed by atoms with E-state index in [1.54, 1.807) is 0 Å². The number of carbonyl (C=O) groups is 1. The van der Waals surface area contributed by atoms with Crippen LogP contribution in [-0.4, -0.2) is 17.4 Å². The van der Waals surface area contributed by atoms with E-state index in [0.717, 1.165) is 36.0 Å². The minimum absolute atomic E-state index is 0.0889. The third-order valence-electron chi connectivity index (χ3n) is 5.53. The molecule has 2 heterocycles. The number of nitrogens with zero attached hydrogens (tertiary/aromatic N) is 1. The second-order valence-corrected chi connectivity index (χ2v) is 7.65. The number of hydrogen-bond donors (Lipinski definition) is 0. The van der Waals surface area contributed by atoms with E-state index in [-0.39, 0.29) is 23.1 Å². The van der Waals surface area contributed by atoms with Crippen molar-refractivity contribution in [2.24, 2.45) is 0 Å². The Morgan fingerprint density at radius 3 is 2.50 bits per heavy atom. The van der Waals surface area contributed by atoms with Crippen LogP contribution in [-0.2, 0) is 0 Å². The summed E-state index contributed by atoms with van der Waals surface area (Å²) in [5, 5.41) is 0.577. The van der Waals surface area contributed by atoms with Crippen LogP contribution in [0.5, 0.6) is 0 Å². The molecule has 1 aliphatic heterocycles. The molecule has 28 heavy (non-hydrogen) atoms. The first kappa shape index (κ1) is 18.5. The Morgan fingerprint density at radius 1 is 1.04 bits per heavy atom. The van der Waals surface area contributed by atoms with Crippen LogP contribution in [0.1, 0.15) is 65.0 Å². The summed E-state index contributed by atoms with van der Waals surface area (Å²) in [5.74, 6) is 0.0194. The summed E-state index contributed by atoms with van der Waals surface area (Å²) in [5.41, 5.74) is 3.73. The van der Waals surface area contributed by atoms with E-state index in [2.05, 4.69) is 6.92 Å². The van der Waals surface area contributed by atoms with Crippen LogP contribution in [0.3, 0.4) is 0 Å². The predicted octanol–water partition coefficient (Wildman–Crippen LogP) is 5.15. The van der Waals surface area contributed by atoms with Crippen LogP contribution in [0.25, 0.3) is 11.0 Å². The van der Waals surface area contributed by atoms with E-state index in [9.17, 15) is 9.59 Å². The fourth-order valence-corrected chi connectivity index (χ4v) is 4.26. The Hall–Kier alpha value is -2.88. The van der Waals surface area contributed by atoms with Gasteiger partial charge in [-0.1, -0.05) is 56.2 Å². The van der Waals surface area contributed by atoms with Crippen molar-refractivity contribution in [2.75, 3.05) is 6.54 Å². The molecule has 0 bridgehead atoms. The van der Waals surface area contributed by atoms with Gasteiger partial charge in [-0.25, -0.2) is 0 Å². The molecule has 1 aromatic heterocycles. The molecule has 0 N–H and O–H groups in total. The molecule has 0 saturated heterocycles. The van der Waals surface area contributed by atoms with Gasteiger partial charge in [-0.2, -0.15) is 0 Å². The normalized spacial score (nSPS) is 16.0. The molecular formula is C24H25NO3.